The van der Waals surface area contributed by atoms with E-state index in [-0.39, 0.29) is 41.3 Å². The maximum Gasteiger partial charge on any atom is 0.309 e. The van der Waals surface area contributed by atoms with Crippen molar-refractivity contribution in [3.8, 4) is 0 Å². The normalized spacial score (nSPS) is 51.2. The molecule has 6 rings (SSSR count). The number of rotatable bonds is 3. The van der Waals surface area contributed by atoms with Crippen LogP contribution in [-0.4, -0.2) is 78.6 Å². The van der Waals surface area contributed by atoms with Gasteiger partial charge in [-0.3, -0.25) is 4.79 Å². The van der Waals surface area contributed by atoms with E-state index in [1.54, 1.807) is 6.92 Å². The quantitative estimate of drug-likeness (QED) is 0.428. The molecule has 4 aliphatic heterocycles. The number of hydrogen-bond donors (Lipinski definition) is 2. The number of fused-ring (bicyclic) bond motifs is 3. The number of aliphatic hydroxyl groups excluding tert-OH is 2. The Bertz CT molecular complexity index is 979. The van der Waals surface area contributed by atoms with E-state index in [0.717, 1.165) is 32.1 Å². The van der Waals surface area contributed by atoms with Crippen molar-refractivity contribution in [3.05, 3.63) is 23.5 Å². The van der Waals surface area contributed by atoms with Gasteiger partial charge in [0, 0.05) is 14.0 Å². The van der Waals surface area contributed by atoms with E-state index in [9.17, 15) is 15.0 Å². The van der Waals surface area contributed by atoms with E-state index in [0.29, 0.717) is 13.0 Å². The lowest BCUT2D eigenvalue weighted by molar-refractivity contribution is -0.309. The van der Waals surface area contributed by atoms with Crippen LogP contribution in [0, 0.1) is 23.2 Å². The molecule has 9 heteroatoms. The lowest BCUT2D eigenvalue weighted by Gasteiger charge is -2.51. The smallest absolute Gasteiger partial charge is 0.309 e. The van der Waals surface area contributed by atoms with Gasteiger partial charge < -0.3 is 38.6 Å². The minimum atomic E-state index is -1.07. The summed E-state index contributed by atoms with van der Waals surface area (Å²) in [4.78, 5) is 13.5. The summed E-state index contributed by atoms with van der Waals surface area (Å²) < 4.78 is 35.3. The summed E-state index contributed by atoms with van der Waals surface area (Å²) >= 11 is 0. The van der Waals surface area contributed by atoms with Crippen LogP contribution in [0.3, 0.4) is 0 Å². The van der Waals surface area contributed by atoms with Gasteiger partial charge in [0.25, 0.3) is 0 Å². The average molecular weight is 521 g/mol. The maximum atomic E-state index is 13.5. The number of ether oxygens (including phenoxy) is 6. The summed E-state index contributed by atoms with van der Waals surface area (Å²) in [5.74, 6) is -0.910. The van der Waals surface area contributed by atoms with Crippen molar-refractivity contribution < 1.29 is 43.4 Å². The maximum absolute atomic E-state index is 13.5. The molecule has 0 amide bonds. The second-order valence-electron chi connectivity index (χ2n) is 12.1. The van der Waals surface area contributed by atoms with Gasteiger partial charge in [0.05, 0.1) is 36.9 Å². The first-order valence-electron chi connectivity index (χ1n) is 13.7. The van der Waals surface area contributed by atoms with Crippen LogP contribution in [0.15, 0.2) is 23.5 Å². The molecule has 0 radical (unpaired) electrons. The van der Waals surface area contributed by atoms with Crippen molar-refractivity contribution in [3.63, 3.8) is 0 Å². The molecule has 206 valence electrons. The molecule has 0 bridgehead atoms. The van der Waals surface area contributed by atoms with Gasteiger partial charge in [-0.15, -0.1) is 0 Å². The van der Waals surface area contributed by atoms with Crippen molar-refractivity contribution in [2.75, 3.05) is 13.7 Å². The van der Waals surface area contributed by atoms with Gasteiger partial charge in [0.1, 0.15) is 24.4 Å². The van der Waals surface area contributed by atoms with Crippen molar-refractivity contribution in [1.82, 2.24) is 0 Å². The zero-order valence-corrected chi connectivity index (χ0v) is 22.1. The highest BCUT2D eigenvalue weighted by Crippen LogP contribution is 2.57. The van der Waals surface area contributed by atoms with Gasteiger partial charge in [0.2, 0.25) is 5.79 Å². The monoisotopic (exact) mass is 520 g/mol. The Morgan fingerprint density at radius 3 is 2.76 bits per heavy atom. The molecule has 3 saturated heterocycles. The first-order chi connectivity index (χ1) is 17.6. The predicted molar refractivity (Wildman–Crippen MR) is 130 cm³/mol. The molecule has 2 aliphatic carbocycles. The second-order valence-corrected chi connectivity index (χ2v) is 12.1. The highest BCUT2D eigenvalue weighted by atomic mass is 16.7. The molecule has 0 spiro atoms. The number of esters is 1. The van der Waals surface area contributed by atoms with E-state index in [4.69, 9.17) is 28.4 Å². The van der Waals surface area contributed by atoms with Crippen LogP contribution in [0.25, 0.3) is 0 Å². The van der Waals surface area contributed by atoms with Crippen molar-refractivity contribution in [1.29, 1.82) is 0 Å². The Kier molecular flexibility index (Phi) is 6.49. The largest absolute Gasteiger partial charge is 0.469 e. The Morgan fingerprint density at radius 1 is 1.16 bits per heavy atom. The lowest BCUT2D eigenvalue weighted by Crippen LogP contribution is -2.59. The lowest BCUT2D eigenvalue weighted by atomic mass is 9.55. The molecule has 0 aromatic heterocycles. The Balaban J connectivity index is 1.19. The standard InChI is InChI=1S/C28H40O9/c1-14-22(29)24(32-4)23(30)26(35-14)36-17-9-10-27(2)16(11-17)6-7-18-19(27)8-5-15-12-33-28(3)21(15)20(13-34-28)37-25(18)31/h6,12,14,17-24,26,29-30H,5,7-11,13H2,1-4H3/t14-,17+,18-,19+,20-,21-,22-,23-,24+,26-,27+,28+/m1/s1. The zero-order valence-electron chi connectivity index (χ0n) is 22.1. The van der Waals surface area contributed by atoms with Crippen LogP contribution in [0.1, 0.15) is 59.3 Å². The third kappa shape index (κ3) is 4.08. The van der Waals surface area contributed by atoms with Gasteiger partial charge >= 0.3 is 5.97 Å². The predicted octanol–water partition coefficient (Wildman–Crippen LogP) is 2.59. The molecule has 9 nitrogen and oxygen atoms in total. The molecule has 0 aromatic carbocycles. The minimum absolute atomic E-state index is 0.0419. The third-order valence-electron chi connectivity index (χ3n) is 10.1. The van der Waals surface area contributed by atoms with Gasteiger partial charge in [-0.25, -0.2) is 0 Å². The van der Waals surface area contributed by atoms with Crippen LogP contribution in [0.4, 0.5) is 0 Å². The van der Waals surface area contributed by atoms with Crippen LogP contribution in [0.2, 0.25) is 0 Å². The molecule has 1 saturated carbocycles. The van der Waals surface area contributed by atoms with Crippen LogP contribution in [-0.2, 0) is 33.2 Å². The summed E-state index contributed by atoms with van der Waals surface area (Å²) in [7, 11) is 1.47. The molecule has 4 fully saturated rings. The van der Waals surface area contributed by atoms with E-state index in [1.807, 2.05) is 13.2 Å². The Morgan fingerprint density at radius 2 is 1.97 bits per heavy atom. The second kappa shape index (κ2) is 9.31. The van der Waals surface area contributed by atoms with Gasteiger partial charge in [-0.1, -0.05) is 18.6 Å². The first kappa shape index (κ1) is 25.8. The Hall–Kier alpha value is -1.49. The average Bonchev–Trinajstić information content (AvgIpc) is 3.38. The Labute approximate surface area is 218 Å². The zero-order chi connectivity index (χ0) is 26.1. The van der Waals surface area contributed by atoms with E-state index >= 15 is 0 Å². The highest BCUT2D eigenvalue weighted by Gasteiger charge is 2.58. The van der Waals surface area contributed by atoms with Gasteiger partial charge in [-0.05, 0) is 62.4 Å². The molecule has 12 atom stereocenters. The SMILES string of the molecule is CO[C@@H]1[C@@H](O)[C@@H](O[C@H]2CC[C@@]3(C)C(=CC[C@H]4C(=O)O[C@@H]5CO[C@]6(C)OC=C(CC[C@@H]43)[C@H]56)C2)O[C@H](C)[C@H]1O. The number of carbonyl (C=O) groups excluding carboxylic acids is 1. The van der Waals surface area contributed by atoms with E-state index < -0.39 is 36.5 Å². The molecular weight excluding hydrogens is 480 g/mol. The molecule has 37 heavy (non-hydrogen) atoms. The number of aliphatic hydroxyl groups is 2. The van der Waals surface area contributed by atoms with Crippen LogP contribution >= 0.6 is 0 Å². The molecule has 6 aliphatic rings. The van der Waals surface area contributed by atoms with E-state index in [2.05, 4.69) is 13.0 Å². The van der Waals surface area contributed by atoms with Crippen molar-refractivity contribution in [2.45, 2.75) is 108 Å². The fraction of sp³-hybridized carbons (Fsp3) is 0.821. The fourth-order valence-electron chi connectivity index (χ4n) is 7.89. The summed E-state index contributed by atoms with van der Waals surface area (Å²) in [5, 5.41) is 21.0. The van der Waals surface area contributed by atoms with Crippen LogP contribution in [0.5, 0.6) is 0 Å². The molecule has 0 aromatic rings. The minimum Gasteiger partial charge on any atom is -0.469 e. The molecule has 4 heterocycles. The summed E-state index contributed by atoms with van der Waals surface area (Å²) in [6.45, 7) is 6.35. The molecular formula is C28H40O9. The summed E-state index contributed by atoms with van der Waals surface area (Å²) in [5.41, 5.74) is 2.36. The molecule has 2 N–H and O–H groups in total. The number of hydrogen-bond acceptors (Lipinski definition) is 9. The van der Waals surface area contributed by atoms with Crippen molar-refractivity contribution >= 4 is 5.97 Å². The topological polar surface area (TPSA) is 113 Å². The third-order valence-corrected chi connectivity index (χ3v) is 10.1. The fourth-order valence-corrected chi connectivity index (χ4v) is 7.89. The van der Waals surface area contributed by atoms with Crippen LogP contribution < -0.4 is 0 Å². The number of methoxy groups -OCH3 is 1. The number of allylic oxidation sites excluding steroid dienone is 1. The van der Waals surface area contributed by atoms with Crippen molar-refractivity contribution in [2.24, 2.45) is 23.2 Å². The van der Waals surface area contributed by atoms with Gasteiger partial charge in [-0.2, -0.15) is 0 Å². The molecule has 0 unspecified atom stereocenters. The van der Waals surface area contributed by atoms with E-state index in [1.165, 1.54) is 18.3 Å². The highest BCUT2D eigenvalue weighted by molar-refractivity contribution is 5.74. The summed E-state index contributed by atoms with van der Waals surface area (Å²) in [6.07, 6.45) is 4.30. The summed E-state index contributed by atoms with van der Waals surface area (Å²) in [6, 6.07) is 0. The first-order valence-corrected chi connectivity index (χ1v) is 13.7. The van der Waals surface area contributed by atoms with Gasteiger partial charge in [0.15, 0.2) is 6.29 Å². The number of carbonyl (C=O) groups is 1.